The van der Waals surface area contributed by atoms with Crippen molar-refractivity contribution in [2.75, 3.05) is 0 Å². The molecule has 6 nitrogen and oxygen atoms in total. The number of nitrogens with one attached hydrogen (secondary N) is 1. The number of rotatable bonds is 3. The first-order valence-electron chi connectivity index (χ1n) is 6.91. The van der Waals surface area contributed by atoms with E-state index in [1.165, 1.54) is 17.4 Å². The van der Waals surface area contributed by atoms with Crippen molar-refractivity contribution in [3.8, 4) is 0 Å². The molecule has 0 saturated heterocycles. The Morgan fingerprint density at radius 2 is 2.16 bits per heavy atom. The van der Waals surface area contributed by atoms with Crippen LogP contribution in [0.3, 0.4) is 0 Å². The Morgan fingerprint density at radius 1 is 1.47 bits per heavy atom. The number of hydrogen-bond donors (Lipinski definition) is 1. The van der Waals surface area contributed by atoms with Gasteiger partial charge in [0.1, 0.15) is 12.4 Å². The first-order valence-corrected chi connectivity index (χ1v) is 6.91. The molecule has 106 valence electrons. The molecule has 2 rings (SSSR count). The van der Waals surface area contributed by atoms with Gasteiger partial charge in [-0.3, -0.25) is 9.48 Å². The zero-order valence-corrected chi connectivity index (χ0v) is 11.8. The lowest BCUT2D eigenvalue weighted by atomic mass is 9.86. The lowest BCUT2D eigenvalue weighted by Crippen LogP contribution is -2.45. The first-order chi connectivity index (χ1) is 9.00. The number of aryl methyl sites for hydroxylation is 1. The number of nitrogens with zero attached hydrogens (tertiary/aromatic N) is 3. The molecule has 0 radical (unpaired) electrons. The molecule has 1 aliphatic rings. The zero-order valence-electron chi connectivity index (χ0n) is 11.8. The van der Waals surface area contributed by atoms with Crippen molar-refractivity contribution >= 4 is 5.91 Å². The largest absolute Gasteiger partial charge is 0.364 e. The summed E-state index contributed by atoms with van der Waals surface area (Å²) in [6, 6.07) is -0.304. The summed E-state index contributed by atoms with van der Waals surface area (Å²) in [5.41, 5.74) is -0.387. The van der Waals surface area contributed by atoms with Crippen LogP contribution in [0.15, 0.2) is 11.1 Å². The van der Waals surface area contributed by atoms with E-state index >= 15 is 0 Å². The monoisotopic (exact) mass is 266 g/mol. The molecule has 1 heterocycles. The predicted molar refractivity (Wildman–Crippen MR) is 71.7 cm³/mol. The molecule has 3 unspecified atom stereocenters. The maximum atomic E-state index is 12.2. The minimum Gasteiger partial charge on any atom is -0.351 e. The maximum Gasteiger partial charge on any atom is 0.364 e. The van der Waals surface area contributed by atoms with Crippen LogP contribution in [0.1, 0.15) is 45.6 Å². The van der Waals surface area contributed by atoms with Gasteiger partial charge in [0.25, 0.3) is 0 Å². The Morgan fingerprint density at radius 3 is 2.74 bits per heavy atom. The summed E-state index contributed by atoms with van der Waals surface area (Å²) in [5.74, 6) is 0.401. The van der Waals surface area contributed by atoms with Gasteiger partial charge in [-0.05, 0) is 25.7 Å². The summed E-state index contributed by atoms with van der Waals surface area (Å²) in [6.45, 7) is 3.90. The third kappa shape index (κ3) is 2.88. The molecule has 1 N–H and O–H groups in total. The van der Waals surface area contributed by atoms with Crippen LogP contribution >= 0.6 is 0 Å². The van der Waals surface area contributed by atoms with E-state index < -0.39 is 6.04 Å². The lowest BCUT2D eigenvalue weighted by molar-refractivity contribution is -0.125. The van der Waals surface area contributed by atoms with Crippen molar-refractivity contribution in [2.45, 2.75) is 51.6 Å². The number of hydrogen-bond acceptors (Lipinski definition) is 3. The molecule has 19 heavy (non-hydrogen) atoms. The Hall–Kier alpha value is -1.59. The molecule has 0 aromatic carbocycles. The maximum absolute atomic E-state index is 12.2. The summed E-state index contributed by atoms with van der Waals surface area (Å²) < 4.78 is 2.92. The van der Waals surface area contributed by atoms with Crippen molar-refractivity contribution in [1.82, 2.24) is 19.7 Å². The molecule has 0 aliphatic heterocycles. The van der Waals surface area contributed by atoms with Crippen molar-refractivity contribution in [1.29, 1.82) is 0 Å². The predicted octanol–water partition coefficient (Wildman–Crippen LogP) is 0.838. The van der Waals surface area contributed by atoms with Gasteiger partial charge in [0, 0.05) is 13.1 Å². The molecule has 0 bridgehead atoms. The van der Waals surface area contributed by atoms with E-state index in [1.54, 1.807) is 18.7 Å². The fraction of sp³-hybridized carbons (Fsp3) is 0.769. The average Bonchev–Trinajstić information content (AvgIpc) is 2.71. The molecule has 1 aromatic rings. The smallest absolute Gasteiger partial charge is 0.351 e. The molecule has 3 atom stereocenters. The molecule has 1 saturated carbocycles. The van der Waals surface area contributed by atoms with Crippen LogP contribution in [-0.4, -0.2) is 26.3 Å². The standard InChI is InChI=1S/C13H22N4O2/c1-9-6-4-5-7-11(9)15-12(18)10(2)17-13(19)14-8-16(17)3/h8-11H,4-7H2,1-3H3,(H,15,18). The van der Waals surface area contributed by atoms with E-state index in [0.717, 1.165) is 19.3 Å². The fourth-order valence-electron chi connectivity index (χ4n) is 2.77. The van der Waals surface area contributed by atoms with Crippen molar-refractivity contribution in [2.24, 2.45) is 13.0 Å². The zero-order chi connectivity index (χ0) is 14.0. The summed E-state index contributed by atoms with van der Waals surface area (Å²) in [4.78, 5) is 27.5. The molecule has 1 aliphatic carbocycles. The van der Waals surface area contributed by atoms with Crippen LogP contribution in [0.5, 0.6) is 0 Å². The van der Waals surface area contributed by atoms with Gasteiger partial charge >= 0.3 is 5.69 Å². The van der Waals surface area contributed by atoms with E-state index in [9.17, 15) is 9.59 Å². The highest BCUT2D eigenvalue weighted by molar-refractivity contribution is 5.80. The highest BCUT2D eigenvalue weighted by atomic mass is 16.2. The fourth-order valence-corrected chi connectivity index (χ4v) is 2.77. The van der Waals surface area contributed by atoms with E-state index in [2.05, 4.69) is 17.2 Å². The highest BCUT2D eigenvalue weighted by Gasteiger charge is 2.26. The summed E-state index contributed by atoms with van der Waals surface area (Å²) in [6.07, 6.45) is 6.01. The second-order valence-corrected chi connectivity index (χ2v) is 5.50. The minimum absolute atomic E-state index is 0.107. The summed E-state index contributed by atoms with van der Waals surface area (Å²) in [5, 5.41) is 3.07. The Kier molecular flexibility index (Phi) is 4.07. The van der Waals surface area contributed by atoms with Gasteiger partial charge in [-0.15, -0.1) is 0 Å². The van der Waals surface area contributed by atoms with Crippen molar-refractivity contribution in [3.05, 3.63) is 16.8 Å². The topological polar surface area (TPSA) is 68.9 Å². The van der Waals surface area contributed by atoms with Crippen LogP contribution in [0.2, 0.25) is 0 Å². The molecule has 1 aromatic heterocycles. The van der Waals surface area contributed by atoms with Gasteiger partial charge in [-0.1, -0.05) is 19.8 Å². The van der Waals surface area contributed by atoms with E-state index in [0.29, 0.717) is 5.92 Å². The molecule has 1 amide bonds. The molecule has 0 spiro atoms. The quantitative estimate of drug-likeness (QED) is 0.881. The SMILES string of the molecule is CC1CCCCC1NC(=O)C(C)n1c(=O)ncn1C. The highest BCUT2D eigenvalue weighted by Crippen LogP contribution is 2.24. The van der Waals surface area contributed by atoms with Crippen molar-refractivity contribution < 1.29 is 4.79 Å². The number of aromatic nitrogens is 3. The second kappa shape index (κ2) is 5.59. The Bertz CT molecular complexity index is 505. The normalized spacial score (nSPS) is 25.0. The Labute approximate surface area is 112 Å². The van der Waals surface area contributed by atoms with Gasteiger partial charge in [-0.25, -0.2) is 9.48 Å². The van der Waals surface area contributed by atoms with Crippen LogP contribution < -0.4 is 11.0 Å². The number of carbonyl (C=O) groups excluding carboxylic acids is 1. The third-order valence-corrected chi connectivity index (χ3v) is 4.06. The second-order valence-electron chi connectivity index (χ2n) is 5.50. The van der Waals surface area contributed by atoms with Crippen LogP contribution in [0, 0.1) is 5.92 Å². The number of amides is 1. The lowest BCUT2D eigenvalue weighted by Gasteiger charge is -2.30. The third-order valence-electron chi connectivity index (χ3n) is 4.06. The first kappa shape index (κ1) is 13.8. The number of carbonyl (C=O) groups is 1. The van der Waals surface area contributed by atoms with Gasteiger partial charge in [0.2, 0.25) is 5.91 Å². The van der Waals surface area contributed by atoms with E-state index in [4.69, 9.17) is 0 Å². The minimum atomic E-state index is -0.533. The van der Waals surface area contributed by atoms with E-state index in [1.807, 2.05) is 0 Å². The van der Waals surface area contributed by atoms with Crippen LogP contribution in [0.25, 0.3) is 0 Å². The molecule has 6 heteroatoms. The summed E-state index contributed by atoms with van der Waals surface area (Å²) in [7, 11) is 1.71. The van der Waals surface area contributed by atoms with Gasteiger partial charge in [-0.2, -0.15) is 4.98 Å². The Balaban J connectivity index is 2.05. The average molecular weight is 266 g/mol. The van der Waals surface area contributed by atoms with Crippen LogP contribution in [-0.2, 0) is 11.8 Å². The molecule has 1 fully saturated rings. The van der Waals surface area contributed by atoms with E-state index in [-0.39, 0.29) is 17.6 Å². The van der Waals surface area contributed by atoms with Gasteiger partial charge in [0.15, 0.2) is 0 Å². The molecular formula is C13H22N4O2. The molecular weight excluding hydrogens is 244 g/mol. The van der Waals surface area contributed by atoms with Gasteiger partial charge < -0.3 is 5.32 Å². The summed E-state index contributed by atoms with van der Waals surface area (Å²) >= 11 is 0. The van der Waals surface area contributed by atoms with Crippen molar-refractivity contribution in [3.63, 3.8) is 0 Å². The van der Waals surface area contributed by atoms with Crippen LogP contribution in [0.4, 0.5) is 0 Å². The van der Waals surface area contributed by atoms with Gasteiger partial charge in [0.05, 0.1) is 0 Å².